The smallest absolute Gasteiger partial charge is 0.0577 e. The Kier molecular flexibility index (Phi) is 2.88. The van der Waals surface area contributed by atoms with Crippen LogP contribution in [0.1, 0.15) is 30.9 Å². The largest absolute Gasteiger partial charge is 0.393 e. The van der Waals surface area contributed by atoms with E-state index in [1.165, 1.54) is 11.1 Å². The predicted octanol–water partition coefficient (Wildman–Crippen LogP) is 2.48. The molecule has 1 aromatic carbocycles. The highest BCUT2D eigenvalue weighted by Gasteiger charge is 2.10. The predicted molar refractivity (Wildman–Crippen MR) is 51.3 cm³/mol. The summed E-state index contributed by atoms with van der Waals surface area (Å²) >= 11 is 0. The molecule has 1 rings (SSSR count). The summed E-state index contributed by atoms with van der Waals surface area (Å²) in [5.41, 5.74) is 2.46. The first-order valence-corrected chi connectivity index (χ1v) is 4.36. The maximum atomic E-state index is 9.37. The molecule has 1 nitrogen and oxygen atoms in total. The normalized spacial score (nSPS) is 15.7. The highest BCUT2D eigenvalue weighted by atomic mass is 16.3. The Labute approximate surface area is 74.1 Å². The summed E-state index contributed by atoms with van der Waals surface area (Å²) < 4.78 is 0. The van der Waals surface area contributed by atoms with Crippen LogP contribution in [0.3, 0.4) is 0 Å². The summed E-state index contributed by atoms with van der Waals surface area (Å²) in [4.78, 5) is 0. The zero-order valence-electron chi connectivity index (χ0n) is 7.91. The Morgan fingerprint density at radius 3 is 2.42 bits per heavy atom. The van der Waals surface area contributed by atoms with Gasteiger partial charge < -0.3 is 5.11 Å². The fourth-order valence-corrected chi connectivity index (χ4v) is 1.23. The topological polar surface area (TPSA) is 20.2 Å². The van der Waals surface area contributed by atoms with Crippen LogP contribution in [0.25, 0.3) is 0 Å². The zero-order valence-corrected chi connectivity index (χ0v) is 7.91. The van der Waals surface area contributed by atoms with Gasteiger partial charge in [0.05, 0.1) is 6.10 Å². The van der Waals surface area contributed by atoms with Crippen LogP contribution in [-0.2, 0) is 0 Å². The molecule has 0 fully saturated rings. The zero-order chi connectivity index (χ0) is 9.14. The first-order valence-electron chi connectivity index (χ1n) is 4.36. The lowest BCUT2D eigenvalue weighted by Gasteiger charge is -2.15. The molecule has 0 heterocycles. The monoisotopic (exact) mass is 164 g/mol. The molecule has 0 aliphatic carbocycles. The molecule has 0 aliphatic heterocycles. The molecule has 2 atom stereocenters. The number of aliphatic hydroxyl groups is 1. The van der Waals surface area contributed by atoms with Crippen molar-refractivity contribution in [3.05, 3.63) is 35.4 Å². The standard InChI is InChI=1S/C11H16O/c1-8-5-4-6-11(7-8)9(2)10(3)12/h4-7,9-10,12H,1-3H3/t9-,10+/m0/s1. The fraction of sp³-hybridized carbons (Fsp3) is 0.455. The minimum atomic E-state index is -0.271. The van der Waals surface area contributed by atoms with Crippen LogP contribution >= 0.6 is 0 Å². The summed E-state index contributed by atoms with van der Waals surface area (Å²) in [5, 5.41) is 9.37. The van der Waals surface area contributed by atoms with Crippen LogP contribution in [0.4, 0.5) is 0 Å². The summed E-state index contributed by atoms with van der Waals surface area (Å²) in [6.07, 6.45) is -0.271. The van der Waals surface area contributed by atoms with Crippen molar-refractivity contribution in [2.75, 3.05) is 0 Å². The average Bonchev–Trinajstić information content (AvgIpc) is 2.03. The molecule has 0 aliphatic rings. The van der Waals surface area contributed by atoms with Crippen molar-refractivity contribution in [2.24, 2.45) is 0 Å². The number of aryl methyl sites for hydroxylation is 1. The van der Waals surface area contributed by atoms with E-state index in [1.54, 1.807) is 0 Å². The van der Waals surface area contributed by atoms with Gasteiger partial charge in [-0.2, -0.15) is 0 Å². The number of hydrogen-bond acceptors (Lipinski definition) is 1. The van der Waals surface area contributed by atoms with Gasteiger partial charge in [0.2, 0.25) is 0 Å². The lowest BCUT2D eigenvalue weighted by molar-refractivity contribution is 0.169. The van der Waals surface area contributed by atoms with Gasteiger partial charge >= 0.3 is 0 Å². The van der Waals surface area contributed by atoms with Crippen molar-refractivity contribution < 1.29 is 5.11 Å². The molecular formula is C11H16O. The second kappa shape index (κ2) is 3.72. The molecule has 1 heteroatoms. The van der Waals surface area contributed by atoms with Crippen molar-refractivity contribution in [2.45, 2.75) is 32.8 Å². The van der Waals surface area contributed by atoms with E-state index < -0.39 is 0 Å². The van der Waals surface area contributed by atoms with Gasteiger partial charge in [-0.15, -0.1) is 0 Å². The van der Waals surface area contributed by atoms with Crippen molar-refractivity contribution in [3.63, 3.8) is 0 Å². The van der Waals surface area contributed by atoms with Gasteiger partial charge in [0.1, 0.15) is 0 Å². The van der Waals surface area contributed by atoms with E-state index in [1.807, 2.05) is 19.9 Å². The first-order chi connectivity index (χ1) is 5.61. The Morgan fingerprint density at radius 1 is 1.25 bits per heavy atom. The molecule has 1 aromatic rings. The van der Waals surface area contributed by atoms with Crippen LogP contribution in [0.15, 0.2) is 24.3 Å². The molecule has 0 aromatic heterocycles. The molecule has 66 valence electrons. The van der Waals surface area contributed by atoms with E-state index >= 15 is 0 Å². The second-order valence-corrected chi connectivity index (χ2v) is 3.44. The fourth-order valence-electron chi connectivity index (χ4n) is 1.23. The summed E-state index contributed by atoms with van der Waals surface area (Å²) in [6, 6.07) is 8.28. The highest BCUT2D eigenvalue weighted by molar-refractivity contribution is 5.25. The van der Waals surface area contributed by atoms with Gasteiger partial charge in [0.15, 0.2) is 0 Å². The van der Waals surface area contributed by atoms with E-state index in [2.05, 4.69) is 25.1 Å². The van der Waals surface area contributed by atoms with Gasteiger partial charge in [-0.25, -0.2) is 0 Å². The van der Waals surface area contributed by atoms with Crippen molar-refractivity contribution in [1.82, 2.24) is 0 Å². The Bertz CT molecular complexity index is 253. The minimum absolute atomic E-state index is 0.227. The van der Waals surface area contributed by atoms with Gasteiger partial charge in [-0.1, -0.05) is 36.8 Å². The van der Waals surface area contributed by atoms with Crippen molar-refractivity contribution >= 4 is 0 Å². The Hall–Kier alpha value is -0.820. The average molecular weight is 164 g/mol. The number of benzene rings is 1. The van der Waals surface area contributed by atoms with Gasteiger partial charge in [-0.05, 0) is 19.4 Å². The van der Waals surface area contributed by atoms with E-state index in [0.717, 1.165) is 0 Å². The maximum absolute atomic E-state index is 9.37. The lowest BCUT2D eigenvalue weighted by atomic mass is 9.95. The molecule has 0 saturated heterocycles. The minimum Gasteiger partial charge on any atom is -0.393 e. The molecule has 12 heavy (non-hydrogen) atoms. The van der Waals surface area contributed by atoms with Crippen LogP contribution < -0.4 is 0 Å². The van der Waals surface area contributed by atoms with Crippen LogP contribution in [0.2, 0.25) is 0 Å². The number of hydrogen-bond donors (Lipinski definition) is 1. The highest BCUT2D eigenvalue weighted by Crippen LogP contribution is 2.19. The quantitative estimate of drug-likeness (QED) is 0.712. The third-order valence-electron chi connectivity index (χ3n) is 2.29. The maximum Gasteiger partial charge on any atom is 0.0577 e. The first kappa shape index (κ1) is 9.27. The molecule has 0 amide bonds. The summed E-state index contributed by atoms with van der Waals surface area (Å²) in [7, 11) is 0. The van der Waals surface area contributed by atoms with Gasteiger partial charge in [-0.3, -0.25) is 0 Å². The number of rotatable bonds is 2. The molecule has 0 bridgehead atoms. The molecular weight excluding hydrogens is 148 g/mol. The van der Waals surface area contributed by atoms with Gasteiger partial charge in [0, 0.05) is 5.92 Å². The second-order valence-electron chi connectivity index (χ2n) is 3.44. The summed E-state index contributed by atoms with van der Waals surface area (Å²) in [5.74, 6) is 0.227. The van der Waals surface area contributed by atoms with E-state index in [9.17, 15) is 5.11 Å². The Morgan fingerprint density at radius 2 is 1.92 bits per heavy atom. The van der Waals surface area contributed by atoms with Gasteiger partial charge in [0.25, 0.3) is 0 Å². The lowest BCUT2D eigenvalue weighted by Crippen LogP contribution is -2.10. The van der Waals surface area contributed by atoms with Crippen molar-refractivity contribution in [1.29, 1.82) is 0 Å². The molecule has 1 N–H and O–H groups in total. The van der Waals surface area contributed by atoms with Crippen LogP contribution in [0, 0.1) is 6.92 Å². The van der Waals surface area contributed by atoms with Crippen molar-refractivity contribution in [3.8, 4) is 0 Å². The number of aliphatic hydroxyl groups excluding tert-OH is 1. The van der Waals surface area contributed by atoms with E-state index in [0.29, 0.717) is 0 Å². The molecule has 0 spiro atoms. The SMILES string of the molecule is Cc1cccc([C@@H](C)[C@@H](C)O)c1. The third kappa shape index (κ3) is 2.08. The van der Waals surface area contributed by atoms with Crippen LogP contribution in [0.5, 0.6) is 0 Å². The molecule has 0 unspecified atom stereocenters. The van der Waals surface area contributed by atoms with Crippen LogP contribution in [-0.4, -0.2) is 11.2 Å². The molecule has 0 radical (unpaired) electrons. The van der Waals surface area contributed by atoms with E-state index in [4.69, 9.17) is 0 Å². The third-order valence-corrected chi connectivity index (χ3v) is 2.29. The van der Waals surface area contributed by atoms with E-state index in [-0.39, 0.29) is 12.0 Å². The Balaban J connectivity index is 2.88. The molecule has 0 saturated carbocycles. The summed E-state index contributed by atoms with van der Waals surface area (Å²) in [6.45, 7) is 5.94.